The Morgan fingerprint density at radius 1 is 0.438 bits per heavy atom. The predicted octanol–water partition coefficient (Wildman–Crippen LogP) is 14.5. The van der Waals surface area contributed by atoms with Crippen LogP contribution in [0.2, 0.25) is 0 Å². The van der Waals surface area contributed by atoms with Crippen molar-refractivity contribution in [2.45, 2.75) is 293 Å². The first-order valence-corrected chi connectivity index (χ1v) is 59.2. The summed E-state index contributed by atoms with van der Waals surface area (Å²) < 4.78 is 20.8. The largest absolute Gasteiger partial charge is 1.00 e. The number of quaternary nitrogens is 2. The standard InChI is InChI=1S/C19H27NO3.2C16H24NO.C15H21NO.C14H19NO.C10H17NO4.C5H9NO2.C3H5ClO2.2C3H6IN.Ag.4ClH.HI/c1-13-8-6-9-14(2)15(13)12-17(21)16-10-7-11-20(16)18(22)23-19(3,4)5;2*1-12-7-5-8-13(2)14(12)11-16(18)15-9-6-10-17(15,3)4;1-11-6-4-7-12(2)13(11)10-15(17)14-8-5-9-16(14)3;1-10-5-3-6-11(2)12(10)9-14(16)13-7-4-8-15-13;1-10(2,3)15-9(14)11-6-4-5-7(11)8(12)13;7-5(8)4-2-1-3-6-4;1-2-6-3(4)5;2*1-4(2)3-5;;;;;;/h6,8-9,16H,7,10-12H2,1-5H3;2*5,7-8,15H,6,9-11H2,1-4H3;4,6-7,14H,5,8-10H2,1-3H3;3,5-6,13,15H,4,7-9H2,1-2H3;7H,4-6H2,1-3H3,(H,12,13);4,6H,1-3H2,(H,7,8);2H2,1H3;2*1-2H3;;5*1H/q;2*+1;;;;;;;;+1;;;;;/p-3. The number of rotatable bonds is 18. The van der Waals surface area contributed by atoms with E-state index in [1.165, 1.54) is 84.5 Å². The van der Waals surface area contributed by atoms with E-state index >= 15 is 0 Å². The summed E-state index contributed by atoms with van der Waals surface area (Å²) in [6.07, 6.45) is 15.2. The Morgan fingerprint density at radius 3 is 0.934 bits per heavy atom. The van der Waals surface area contributed by atoms with Crippen molar-refractivity contribution in [3.63, 3.8) is 0 Å². The minimum absolute atomic E-state index is 0. The van der Waals surface area contributed by atoms with Crippen molar-refractivity contribution in [3.8, 4) is 8.15 Å². The van der Waals surface area contributed by atoms with Crippen LogP contribution in [0.5, 0.6) is 0 Å². The van der Waals surface area contributed by atoms with Gasteiger partial charge in [-0.05, 0) is 292 Å². The molecule has 7 atom stereocenters. The molecule has 7 saturated heterocycles. The zero-order valence-corrected chi connectivity index (χ0v) is 97.9. The first-order valence-electron chi connectivity index (χ1n) is 46.1. The molecule has 33 heteroatoms. The van der Waals surface area contributed by atoms with Gasteiger partial charge in [0.15, 0.2) is 28.9 Å². The molecule has 0 aliphatic carbocycles. The van der Waals surface area contributed by atoms with Crippen molar-refractivity contribution in [2.75, 3.05) is 107 Å². The maximum Gasteiger partial charge on any atom is -1.00 e. The number of hydrogen-bond donors (Lipinski definition) is 4. The van der Waals surface area contributed by atoms with Crippen molar-refractivity contribution in [1.29, 1.82) is 10.5 Å². The second-order valence-corrected chi connectivity index (χ2v) is 48.4. The zero-order valence-electron chi connectivity index (χ0n) is 86.0. The van der Waals surface area contributed by atoms with Gasteiger partial charge in [-0.3, -0.25) is 43.5 Å². The SMILES string of the molecule is CC(C)(C)OC(=O)N1CCCC1C(=O)O.CCOC(=O)Cl.CI(C)C#N.CI(C)C#N.Cc1cccc(C)c1CC(=O)C1CCCN1.Cc1cccc(C)c1CC(=O)C1CCCN1C.Cc1cccc(C)c1CC(=O)C1CCCN1C(=O)OC(C)(C)C.Cc1cccc(C)c1CC(=O)C1CCC[N+]1(C)C.Cc1cccc(C)c1CC(=O)C1CCC[N+]1(C)C.Cl.Cl.O=C(O)C1CCCN1.[Cl-].[Cl][Ag].[I-]. The van der Waals surface area contributed by atoms with Crippen LogP contribution in [0.4, 0.5) is 14.4 Å². The number of likely N-dealkylation sites (tertiary alicyclic amines) is 5. The van der Waals surface area contributed by atoms with Gasteiger partial charge in [-0.25, -0.2) is 19.2 Å². The molecule has 7 aliphatic rings. The number of nitrogens with zero attached hydrogens (tertiary/aromatic N) is 7. The Bertz CT molecular complexity index is 4470. The Hall–Kier alpha value is -5.44. The molecule has 0 spiro atoms. The van der Waals surface area contributed by atoms with Gasteiger partial charge in [-0.1, -0.05) is 91.0 Å². The number of halogens is 8. The van der Waals surface area contributed by atoms with E-state index in [0.717, 1.165) is 129 Å². The fourth-order valence-electron chi connectivity index (χ4n) is 17.1. The van der Waals surface area contributed by atoms with Crippen molar-refractivity contribution >= 4 is 144 Å². The van der Waals surface area contributed by atoms with Gasteiger partial charge >= 0.3 is 137 Å². The van der Waals surface area contributed by atoms with Crippen LogP contribution in [0, 0.1) is 87.9 Å². The summed E-state index contributed by atoms with van der Waals surface area (Å²) in [6, 6.07) is 30.3. The molecule has 24 nitrogen and oxygen atoms in total. The third kappa shape index (κ3) is 50.1. The average molecular weight is 2440 g/mol. The molecule has 5 aromatic carbocycles. The molecule has 0 saturated carbocycles. The number of ether oxygens (including phenoxy) is 3. The second kappa shape index (κ2) is 68.7. The number of alkyl halides is 4. The zero-order chi connectivity index (χ0) is 101. The number of hydrogen-bond acceptors (Lipinski definition) is 18. The van der Waals surface area contributed by atoms with Crippen LogP contribution in [0.3, 0.4) is 0 Å². The number of carbonyl (C=O) groups excluding carboxylic acids is 8. The molecule has 0 radical (unpaired) electrons. The van der Waals surface area contributed by atoms with Gasteiger partial charge in [0.25, 0.3) is 0 Å². The van der Waals surface area contributed by atoms with Crippen LogP contribution in [-0.2, 0) is 99.9 Å². The van der Waals surface area contributed by atoms with Crippen LogP contribution in [0.15, 0.2) is 91.0 Å². The van der Waals surface area contributed by atoms with Gasteiger partial charge in [0.1, 0.15) is 35.4 Å². The number of benzene rings is 5. The molecule has 137 heavy (non-hydrogen) atoms. The van der Waals surface area contributed by atoms with Crippen molar-refractivity contribution < 1.29 is 138 Å². The third-order valence-electron chi connectivity index (χ3n) is 24.5. The number of nitriles is 2. The molecule has 2 amide bonds. The van der Waals surface area contributed by atoms with Gasteiger partial charge in [-0.15, -0.1) is 24.8 Å². The van der Waals surface area contributed by atoms with Crippen molar-refractivity contribution in [3.05, 3.63) is 174 Å². The third-order valence-corrected chi connectivity index (χ3v) is 26.6. The minimum Gasteiger partial charge on any atom is -1.00 e. The number of likely N-dealkylation sites (N-methyl/N-ethyl adjacent to an activating group) is 3. The predicted molar refractivity (Wildman–Crippen MR) is 564 cm³/mol. The maximum absolute atomic E-state index is 12.8. The summed E-state index contributed by atoms with van der Waals surface area (Å²) in [4.78, 5) is 130. The van der Waals surface area contributed by atoms with Crippen LogP contribution in [0.25, 0.3) is 0 Å². The number of ketones is 5. The van der Waals surface area contributed by atoms with E-state index in [0.29, 0.717) is 81.4 Å². The number of carboxylic acids is 2. The van der Waals surface area contributed by atoms with Gasteiger partial charge in [0.05, 0.1) is 66.0 Å². The molecule has 7 unspecified atom stereocenters. The van der Waals surface area contributed by atoms with E-state index in [1.807, 2.05) is 78.6 Å². The minimum atomic E-state index is -0.976. The summed E-state index contributed by atoms with van der Waals surface area (Å²) in [5.41, 5.74) is 16.3. The maximum atomic E-state index is 12.8. The van der Waals surface area contributed by atoms with E-state index in [4.69, 9.17) is 41.8 Å². The number of Topliss-reactive ketones (excluding diaryl/α,β-unsaturated/α-hetero) is 5. The molecule has 5 aromatic rings. The van der Waals surface area contributed by atoms with E-state index in [1.54, 1.807) is 32.6 Å². The Labute approximate surface area is 891 Å². The van der Waals surface area contributed by atoms with E-state index in [2.05, 4.69) is 215 Å². The van der Waals surface area contributed by atoms with Crippen LogP contribution < -0.4 is 47.0 Å². The van der Waals surface area contributed by atoms with Gasteiger partial charge in [0.2, 0.25) is 0 Å². The summed E-state index contributed by atoms with van der Waals surface area (Å²) in [6.45, 7) is 39.9. The number of carbonyl (C=O) groups is 10. The van der Waals surface area contributed by atoms with E-state index in [-0.39, 0.29) is 109 Å². The van der Waals surface area contributed by atoms with Crippen LogP contribution in [-0.4, -0.2) is 253 Å². The number of carboxylic acid groups (broad SMARTS) is 2. The fraction of sp³-hybridized carbons (Fsp3) is 0.596. The van der Waals surface area contributed by atoms with Gasteiger partial charge in [-0.2, -0.15) is 0 Å². The number of nitrogens with one attached hydrogen (secondary N) is 2. The summed E-state index contributed by atoms with van der Waals surface area (Å²) in [5, 5.41) is 39.3. The Kier molecular flexibility index (Phi) is 68.1. The molecule has 0 bridgehead atoms. The second-order valence-electron chi connectivity index (χ2n) is 38.5. The van der Waals surface area contributed by atoms with Gasteiger partial charge in [0, 0.05) is 82.5 Å². The molecule has 7 heterocycles. The van der Waals surface area contributed by atoms with Crippen LogP contribution in [0.1, 0.15) is 222 Å². The summed E-state index contributed by atoms with van der Waals surface area (Å²) in [5.74, 6) is -0.0336. The van der Waals surface area contributed by atoms with Crippen molar-refractivity contribution in [2.24, 2.45) is 0 Å². The van der Waals surface area contributed by atoms with E-state index < -0.39 is 80.3 Å². The first kappa shape index (κ1) is 136. The van der Waals surface area contributed by atoms with Crippen molar-refractivity contribution in [1.82, 2.24) is 25.3 Å². The van der Waals surface area contributed by atoms with Crippen LogP contribution >= 0.6 is 85.2 Å². The molecule has 778 valence electrons. The fourth-order valence-corrected chi connectivity index (χ4v) is 17.2. The average Bonchev–Trinajstić information content (AvgIpc) is 1.65. The smallest absolute Gasteiger partial charge is 1.00 e. The Morgan fingerprint density at radius 2 is 0.708 bits per heavy atom. The first-order chi connectivity index (χ1) is 62.2. The number of amides is 2. The molecule has 4 N–H and O–H groups in total. The number of aryl methyl sites for hydroxylation is 10. The Balaban J connectivity index is -0.00000149. The molecule has 0 aromatic heterocycles. The summed E-state index contributed by atoms with van der Waals surface area (Å²) >= 11 is 5.19. The molecular formula is C104H160AgCl5I3N9O15. The topological polar surface area (TPSA) is 320 Å². The number of aliphatic carboxylic acids is 2. The quantitative estimate of drug-likeness (QED) is 0.0158. The molecule has 12 rings (SSSR count). The van der Waals surface area contributed by atoms with Gasteiger partial charge < -0.3 is 80.4 Å². The normalized spacial score (nSPS) is 18.8. The molecule has 7 fully saturated rings. The molecule has 7 aliphatic heterocycles. The monoisotopic (exact) mass is 2440 g/mol. The molecular weight excluding hydrogens is 2280 g/mol. The van der Waals surface area contributed by atoms with E-state index in [9.17, 15) is 47.9 Å². The summed E-state index contributed by atoms with van der Waals surface area (Å²) in [7, 11) is 15.2.